The summed E-state index contributed by atoms with van der Waals surface area (Å²) >= 11 is 2.16. The number of hydrogen-bond donors (Lipinski definition) is 0. The van der Waals surface area contributed by atoms with Crippen molar-refractivity contribution in [1.29, 1.82) is 0 Å². The third-order valence-electron chi connectivity index (χ3n) is 3.77. The van der Waals surface area contributed by atoms with Crippen LogP contribution in [-0.4, -0.2) is 20.9 Å². The molecule has 0 saturated carbocycles. The van der Waals surface area contributed by atoms with Gasteiger partial charge in [-0.25, -0.2) is 27.9 Å². The first-order valence-electron chi connectivity index (χ1n) is 8.15. The number of carbonyl (C=O) groups excluding carboxylic acids is 1. The van der Waals surface area contributed by atoms with Crippen LogP contribution in [-0.2, 0) is 11.3 Å². The fourth-order valence-electron chi connectivity index (χ4n) is 2.46. The molecule has 0 aliphatic rings. The summed E-state index contributed by atoms with van der Waals surface area (Å²) in [5, 5.41) is 3.53. The van der Waals surface area contributed by atoms with Crippen molar-refractivity contribution in [3.63, 3.8) is 0 Å². The van der Waals surface area contributed by atoms with Crippen molar-refractivity contribution in [2.24, 2.45) is 0 Å². The summed E-state index contributed by atoms with van der Waals surface area (Å²) in [5.74, 6) is -2.72. The van der Waals surface area contributed by atoms with Gasteiger partial charge in [-0.05, 0) is 24.3 Å². The summed E-state index contributed by atoms with van der Waals surface area (Å²) in [6.07, 6.45) is 1.43. The molecular formula is C19H10F3N3O2S2. The normalized spacial score (nSPS) is 10.9. The number of aromatic nitrogens is 3. The first-order chi connectivity index (χ1) is 14.0. The topological polar surface area (TPSA) is 65.0 Å². The van der Waals surface area contributed by atoms with Crippen LogP contribution in [0.3, 0.4) is 0 Å². The average Bonchev–Trinajstić information content (AvgIpc) is 3.36. The summed E-state index contributed by atoms with van der Waals surface area (Å²) in [7, 11) is 0. The molecule has 3 aromatic heterocycles. The van der Waals surface area contributed by atoms with Gasteiger partial charge in [-0.3, -0.25) is 4.98 Å². The molecule has 4 rings (SSSR count). The summed E-state index contributed by atoms with van der Waals surface area (Å²) in [4.78, 5) is 24.3. The Bertz CT molecular complexity index is 1170. The van der Waals surface area contributed by atoms with Gasteiger partial charge in [0.2, 0.25) is 0 Å². The van der Waals surface area contributed by atoms with Gasteiger partial charge >= 0.3 is 5.97 Å². The Morgan fingerprint density at radius 1 is 0.966 bits per heavy atom. The van der Waals surface area contributed by atoms with Gasteiger partial charge in [-0.1, -0.05) is 6.07 Å². The molecule has 0 radical (unpaired) electrons. The molecule has 0 N–H and O–H groups in total. The maximum atomic E-state index is 13.9. The smallest absolute Gasteiger partial charge is 0.358 e. The lowest BCUT2D eigenvalue weighted by Gasteiger charge is -2.01. The number of esters is 1. The molecular weight excluding hydrogens is 423 g/mol. The Morgan fingerprint density at radius 2 is 1.72 bits per heavy atom. The zero-order valence-corrected chi connectivity index (χ0v) is 16.1. The monoisotopic (exact) mass is 433 g/mol. The minimum Gasteiger partial charge on any atom is -0.454 e. The van der Waals surface area contributed by atoms with Gasteiger partial charge in [-0.2, -0.15) is 0 Å². The largest absolute Gasteiger partial charge is 0.454 e. The first kappa shape index (κ1) is 19.2. The minimum absolute atomic E-state index is 0.00646. The molecule has 0 saturated heterocycles. The Labute approximate surface area is 170 Å². The van der Waals surface area contributed by atoms with Crippen molar-refractivity contribution in [2.75, 3.05) is 0 Å². The third-order valence-corrected chi connectivity index (χ3v) is 5.44. The Hall–Kier alpha value is -3.11. The number of carbonyl (C=O) groups is 1. The molecule has 0 atom stereocenters. The summed E-state index contributed by atoms with van der Waals surface area (Å²) in [6.45, 7) is -0.190. The van der Waals surface area contributed by atoms with E-state index in [-0.39, 0.29) is 34.3 Å². The molecule has 146 valence electrons. The van der Waals surface area contributed by atoms with E-state index in [1.807, 2.05) is 0 Å². The quantitative estimate of drug-likeness (QED) is 0.410. The molecule has 0 unspecified atom stereocenters. The maximum Gasteiger partial charge on any atom is 0.358 e. The number of hydrogen-bond acceptors (Lipinski definition) is 7. The second-order valence-electron chi connectivity index (χ2n) is 5.67. The molecule has 0 aliphatic carbocycles. The van der Waals surface area contributed by atoms with E-state index in [1.54, 1.807) is 0 Å². The lowest BCUT2D eigenvalue weighted by Crippen LogP contribution is -2.05. The van der Waals surface area contributed by atoms with Crippen LogP contribution in [0, 0.1) is 17.5 Å². The van der Waals surface area contributed by atoms with Crippen molar-refractivity contribution in [2.45, 2.75) is 6.61 Å². The molecule has 10 heteroatoms. The molecule has 29 heavy (non-hydrogen) atoms. The van der Waals surface area contributed by atoms with Crippen LogP contribution in [0.15, 0.2) is 47.3 Å². The van der Waals surface area contributed by atoms with Crippen LogP contribution in [0.5, 0.6) is 0 Å². The van der Waals surface area contributed by atoms with E-state index in [0.29, 0.717) is 5.01 Å². The predicted octanol–water partition coefficient (Wildman–Crippen LogP) is 5.10. The number of thiazole rings is 2. The number of ether oxygens (including phenoxy) is 1. The van der Waals surface area contributed by atoms with Crippen LogP contribution < -0.4 is 0 Å². The molecule has 5 nitrogen and oxygen atoms in total. The number of nitrogens with zero attached hydrogens (tertiary/aromatic N) is 3. The zero-order valence-electron chi connectivity index (χ0n) is 14.4. The SMILES string of the molecule is O=C(OCc1nc(-c2c(F)cccc2F)cs1)c1csc(-c2ncccc2F)n1. The van der Waals surface area contributed by atoms with E-state index >= 15 is 0 Å². The standard InChI is InChI=1S/C19H10F3N3O2S2/c20-10-3-1-4-11(21)16(10)13-8-28-15(24-13)7-27-19(26)14-9-29-18(25-14)17-12(22)5-2-6-23-17/h1-6,8-9H,7H2. The fourth-order valence-corrected chi connectivity index (χ4v) is 3.94. The van der Waals surface area contributed by atoms with Crippen LogP contribution in [0.4, 0.5) is 13.2 Å². The molecule has 1 aromatic carbocycles. The fraction of sp³-hybridized carbons (Fsp3) is 0.0526. The van der Waals surface area contributed by atoms with Crippen LogP contribution >= 0.6 is 22.7 Å². The minimum atomic E-state index is -0.726. The molecule has 0 fully saturated rings. The summed E-state index contributed by atoms with van der Waals surface area (Å²) < 4.78 is 46.6. The lowest BCUT2D eigenvalue weighted by molar-refractivity contribution is 0.0466. The number of halogens is 3. The van der Waals surface area contributed by atoms with Crippen LogP contribution in [0.2, 0.25) is 0 Å². The molecule has 0 spiro atoms. The van der Waals surface area contributed by atoms with E-state index < -0.39 is 23.4 Å². The van der Waals surface area contributed by atoms with Gasteiger partial charge in [0, 0.05) is 17.0 Å². The van der Waals surface area contributed by atoms with E-state index in [0.717, 1.165) is 34.8 Å². The van der Waals surface area contributed by atoms with Gasteiger partial charge in [0.05, 0.1) is 11.3 Å². The predicted molar refractivity (Wildman–Crippen MR) is 102 cm³/mol. The van der Waals surface area contributed by atoms with Gasteiger partial charge in [-0.15, -0.1) is 22.7 Å². The lowest BCUT2D eigenvalue weighted by atomic mass is 10.1. The number of rotatable bonds is 5. The third kappa shape index (κ3) is 4.03. The Balaban J connectivity index is 1.45. The molecule has 3 heterocycles. The van der Waals surface area contributed by atoms with Gasteiger partial charge in [0.15, 0.2) is 11.5 Å². The molecule has 0 amide bonds. The van der Waals surface area contributed by atoms with E-state index in [1.165, 1.54) is 35.2 Å². The van der Waals surface area contributed by atoms with Crippen molar-refractivity contribution < 1.29 is 22.7 Å². The highest BCUT2D eigenvalue weighted by Crippen LogP contribution is 2.28. The van der Waals surface area contributed by atoms with E-state index in [4.69, 9.17) is 4.74 Å². The second kappa shape index (κ2) is 8.10. The Kier molecular flexibility index (Phi) is 5.36. The highest BCUT2D eigenvalue weighted by Gasteiger charge is 2.18. The van der Waals surface area contributed by atoms with Crippen molar-refractivity contribution in [3.05, 3.63) is 75.4 Å². The number of pyridine rings is 1. The average molecular weight is 433 g/mol. The molecule has 0 aliphatic heterocycles. The summed E-state index contributed by atoms with van der Waals surface area (Å²) in [6, 6.07) is 6.25. The molecule has 4 aromatic rings. The molecule has 0 bridgehead atoms. The maximum absolute atomic E-state index is 13.9. The highest BCUT2D eigenvalue weighted by molar-refractivity contribution is 7.13. The van der Waals surface area contributed by atoms with Crippen molar-refractivity contribution in [1.82, 2.24) is 15.0 Å². The van der Waals surface area contributed by atoms with Gasteiger partial charge in [0.1, 0.15) is 34.0 Å². The van der Waals surface area contributed by atoms with E-state index in [9.17, 15) is 18.0 Å². The van der Waals surface area contributed by atoms with Gasteiger partial charge < -0.3 is 4.74 Å². The Morgan fingerprint density at radius 3 is 2.48 bits per heavy atom. The highest BCUT2D eigenvalue weighted by atomic mass is 32.1. The van der Waals surface area contributed by atoms with Crippen molar-refractivity contribution >= 4 is 28.6 Å². The van der Waals surface area contributed by atoms with Crippen LogP contribution in [0.25, 0.3) is 22.0 Å². The van der Waals surface area contributed by atoms with Crippen molar-refractivity contribution in [3.8, 4) is 22.0 Å². The van der Waals surface area contributed by atoms with Crippen LogP contribution in [0.1, 0.15) is 15.5 Å². The van der Waals surface area contributed by atoms with E-state index in [2.05, 4.69) is 15.0 Å². The zero-order chi connectivity index (χ0) is 20.4. The first-order valence-corrected chi connectivity index (χ1v) is 9.91. The summed E-state index contributed by atoms with van der Waals surface area (Å²) in [5.41, 5.74) is -0.0545. The number of benzene rings is 1. The van der Waals surface area contributed by atoms with Gasteiger partial charge in [0.25, 0.3) is 0 Å². The second-order valence-corrected chi connectivity index (χ2v) is 7.47.